The quantitative estimate of drug-likeness (QED) is 0.517. The Bertz CT molecular complexity index is 1200. The highest BCUT2D eigenvalue weighted by atomic mass is 19.2. The van der Waals surface area contributed by atoms with Crippen molar-refractivity contribution in [2.75, 3.05) is 13.1 Å². The fraction of sp³-hybridized carbons (Fsp3) is 0.414. The molecule has 0 saturated carbocycles. The molecule has 1 amide bonds. The molecule has 0 radical (unpaired) electrons. The molecule has 1 fully saturated rings. The first-order valence-electron chi connectivity index (χ1n) is 12.7. The van der Waals surface area contributed by atoms with Gasteiger partial charge in [0.1, 0.15) is 5.69 Å². The van der Waals surface area contributed by atoms with E-state index in [9.17, 15) is 13.6 Å². The van der Waals surface area contributed by atoms with Crippen molar-refractivity contribution in [2.24, 2.45) is 0 Å². The zero-order chi connectivity index (χ0) is 24.4. The van der Waals surface area contributed by atoms with E-state index in [4.69, 9.17) is 0 Å². The third-order valence-electron chi connectivity index (χ3n) is 7.55. The van der Waals surface area contributed by atoms with E-state index >= 15 is 0 Å². The highest BCUT2D eigenvalue weighted by Gasteiger charge is 2.28. The van der Waals surface area contributed by atoms with E-state index in [1.165, 1.54) is 22.9 Å². The Morgan fingerprint density at radius 2 is 1.69 bits per heavy atom. The van der Waals surface area contributed by atoms with Crippen LogP contribution in [0.5, 0.6) is 0 Å². The van der Waals surface area contributed by atoms with Gasteiger partial charge < -0.3 is 9.88 Å². The van der Waals surface area contributed by atoms with E-state index in [2.05, 4.69) is 39.0 Å². The van der Waals surface area contributed by atoms with E-state index in [1.54, 1.807) is 6.07 Å². The maximum absolute atomic E-state index is 13.9. The molecule has 2 aliphatic rings. The summed E-state index contributed by atoms with van der Waals surface area (Å²) in [6, 6.07) is 14.6. The number of hydrogen-bond acceptors (Lipinski definition) is 2. The number of aromatic nitrogens is 1. The zero-order valence-corrected chi connectivity index (χ0v) is 20.3. The second-order valence-corrected chi connectivity index (χ2v) is 9.95. The predicted octanol–water partition coefficient (Wildman–Crippen LogP) is 5.40. The Kier molecular flexibility index (Phi) is 7.00. The number of likely N-dealkylation sites (tertiary alicyclic amines) is 1. The van der Waals surface area contributed by atoms with Crippen LogP contribution in [0.15, 0.2) is 48.5 Å². The Labute approximate surface area is 205 Å². The van der Waals surface area contributed by atoms with Gasteiger partial charge in [-0.15, -0.1) is 0 Å². The molecule has 0 bridgehead atoms. The maximum atomic E-state index is 13.9. The van der Waals surface area contributed by atoms with Crippen molar-refractivity contribution in [3.8, 4) is 0 Å². The van der Waals surface area contributed by atoms with Gasteiger partial charge in [-0.2, -0.15) is 0 Å². The average Bonchev–Trinajstić information content (AvgIpc) is 3.15. The molecule has 2 heterocycles. The Hall–Kier alpha value is -2.99. The van der Waals surface area contributed by atoms with Crippen LogP contribution in [-0.2, 0) is 25.9 Å². The lowest BCUT2D eigenvalue weighted by atomic mass is 9.95. The second kappa shape index (κ2) is 10.3. The topological polar surface area (TPSA) is 37.3 Å². The summed E-state index contributed by atoms with van der Waals surface area (Å²) in [5, 5.41) is 3.30. The smallest absolute Gasteiger partial charge is 0.268 e. The summed E-state index contributed by atoms with van der Waals surface area (Å²) >= 11 is 0. The number of halogens is 2. The van der Waals surface area contributed by atoms with Gasteiger partial charge in [0.2, 0.25) is 0 Å². The molecule has 35 heavy (non-hydrogen) atoms. The van der Waals surface area contributed by atoms with Crippen LogP contribution in [0.4, 0.5) is 8.78 Å². The summed E-state index contributed by atoms with van der Waals surface area (Å²) in [6.45, 7) is 5.23. The van der Waals surface area contributed by atoms with Gasteiger partial charge in [-0.05, 0) is 79.8 Å². The zero-order valence-electron chi connectivity index (χ0n) is 20.3. The number of amides is 1. The standard InChI is InChI=1S/C29H33F2N3O/c1-20-24-9-5-6-10-27(24)34(19-22-11-12-25(30)26(31)17-22)28(20)29(35)32-23-13-15-33(16-14-23)18-21-7-3-2-4-8-21/h2-4,7-8,11-12,17,23H,5-6,9-10,13-16,18-19H2,1H3,(H,32,35). The van der Waals surface area contributed by atoms with E-state index in [-0.39, 0.29) is 11.9 Å². The number of piperidine rings is 1. The number of hydrogen-bond donors (Lipinski definition) is 1. The van der Waals surface area contributed by atoms with Crippen LogP contribution in [0.25, 0.3) is 0 Å². The molecule has 2 aromatic carbocycles. The minimum atomic E-state index is -0.853. The average molecular weight is 478 g/mol. The van der Waals surface area contributed by atoms with Crippen LogP contribution >= 0.6 is 0 Å². The SMILES string of the molecule is Cc1c2c(n(Cc3ccc(F)c(F)c3)c1C(=O)NC1CCN(Cc3ccccc3)CC1)CCCC2. The number of benzene rings is 2. The van der Waals surface area contributed by atoms with Crippen LogP contribution in [0, 0.1) is 18.6 Å². The van der Waals surface area contributed by atoms with E-state index < -0.39 is 11.6 Å². The van der Waals surface area contributed by atoms with Gasteiger partial charge in [0.25, 0.3) is 5.91 Å². The van der Waals surface area contributed by atoms with Gasteiger partial charge in [0, 0.05) is 37.9 Å². The minimum Gasteiger partial charge on any atom is -0.348 e. The Morgan fingerprint density at radius 3 is 2.43 bits per heavy atom. The van der Waals surface area contributed by atoms with Gasteiger partial charge in [-0.25, -0.2) is 8.78 Å². The van der Waals surface area contributed by atoms with Gasteiger partial charge in [-0.3, -0.25) is 9.69 Å². The van der Waals surface area contributed by atoms with Crippen LogP contribution < -0.4 is 5.32 Å². The molecule has 1 aliphatic carbocycles. The van der Waals surface area contributed by atoms with Crippen molar-refractivity contribution in [3.63, 3.8) is 0 Å². The number of rotatable bonds is 6. The first-order valence-corrected chi connectivity index (χ1v) is 12.7. The van der Waals surface area contributed by atoms with Crippen LogP contribution in [0.3, 0.4) is 0 Å². The first-order chi connectivity index (χ1) is 17.0. The van der Waals surface area contributed by atoms with Gasteiger partial charge in [-0.1, -0.05) is 36.4 Å². The third kappa shape index (κ3) is 5.18. The van der Waals surface area contributed by atoms with Crippen LogP contribution in [0.2, 0.25) is 0 Å². The maximum Gasteiger partial charge on any atom is 0.268 e. The lowest BCUT2D eigenvalue weighted by molar-refractivity contribution is 0.0899. The predicted molar refractivity (Wildman–Crippen MR) is 133 cm³/mol. The number of fused-ring (bicyclic) bond motifs is 1. The van der Waals surface area contributed by atoms with E-state index in [0.29, 0.717) is 17.8 Å². The summed E-state index contributed by atoms with van der Waals surface area (Å²) in [5.41, 5.74) is 6.10. The molecule has 1 aliphatic heterocycles. The van der Waals surface area contributed by atoms with Crippen LogP contribution in [0.1, 0.15) is 64.1 Å². The first kappa shape index (κ1) is 23.7. The lowest BCUT2D eigenvalue weighted by Gasteiger charge is -2.32. The minimum absolute atomic E-state index is 0.0546. The molecule has 4 nitrogen and oxygen atoms in total. The molecule has 0 atom stereocenters. The van der Waals surface area contributed by atoms with E-state index in [1.807, 2.05) is 13.0 Å². The summed E-state index contributed by atoms with van der Waals surface area (Å²) in [5.74, 6) is -1.76. The summed E-state index contributed by atoms with van der Waals surface area (Å²) < 4.78 is 29.4. The Morgan fingerprint density at radius 1 is 0.943 bits per heavy atom. The van der Waals surface area contributed by atoms with Gasteiger partial charge in [0.05, 0.1) is 0 Å². The normalized spacial score (nSPS) is 16.8. The highest BCUT2D eigenvalue weighted by molar-refractivity contribution is 5.95. The van der Waals surface area contributed by atoms with Crippen LogP contribution in [-0.4, -0.2) is 34.5 Å². The number of carbonyl (C=O) groups is 1. The summed E-state index contributed by atoms with van der Waals surface area (Å²) in [6.07, 6.45) is 5.90. The second-order valence-electron chi connectivity index (χ2n) is 9.95. The summed E-state index contributed by atoms with van der Waals surface area (Å²) in [7, 11) is 0. The molecule has 1 N–H and O–H groups in total. The van der Waals surface area contributed by atoms with Crippen molar-refractivity contribution in [1.29, 1.82) is 0 Å². The van der Waals surface area contributed by atoms with Gasteiger partial charge in [0.15, 0.2) is 11.6 Å². The van der Waals surface area contributed by atoms with Crippen molar-refractivity contribution >= 4 is 5.91 Å². The van der Waals surface area contributed by atoms with E-state index in [0.717, 1.165) is 69.8 Å². The molecule has 3 aromatic rings. The van der Waals surface area contributed by atoms with Crippen molar-refractivity contribution in [1.82, 2.24) is 14.8 Å². The molecular weight excluding hydrogens is 444 g/mol. The fourth-order valence-electron chi connectivity index (χ4n) is 5.69. The van der Waals surface area contributed by atoms with Crippen molar-refractivity contribution in [3.05, 3.63) is 93.8 Å². The number of nitrogens with zero attached hydrogens (tertiary/aromatic N) is 2. The summed E-state index contributed by atoms with van der Waals surface area (Å²) in [4.78, 5) is 16.0. The monoisotopic (exact) mass is 477 g/mol. The van der Waals surface area contributed by atoms with Gasteiger partial charge >= 0.3 is 0 Å². The highest BCUT2D eigenvalue weighted by Crippen LogP contribution is 2.31. The molecule has 6 heteroatoms. The molecule has 5 rings (SSSR count). The number of carbonyl (C=O) groups excluding carboxylic acids is 1. The van der Waals surface area contributed by atoms with Crippen molar-refractivity contribution < 1.29 is 13.6 Å². The van der Waals surface area contributed by atoms with Crippen molar-refractivity contribution in [2.45, 2.75) is 64.6 Å². The fourth-order valence-corrected chi connectivity index (χ4v) is 5.69. The molecule has 0 unspecified atom stereocenters. The molecule has 1 saturated heterocycles. The Balaban J connectivity index is 1.31. The molecule has 1 aromatic heterocycles. The molecular formula is C29H33F2N3O. The number of nitrogens with one attached hydrogen (secondary N) is 1. The lowest BCUT2D eigenvalue weighted by Crippen LogP contribution is -2.45. The largest absolute Gasteiger partial charge is 0.348 e. The molecule has 184 valence electrons. The molecule has 0 spiro atoms. The third-order valence-corrected chi connectivity index (χ3v) is 7.55.